The van der Waals surface area contributed by atoms with E-state index < -0.39 is 33.2 Å². The number of carbonyl (C=O) groups is 2. The minimum atomic E-state index is -0.794. The molecular weight excluding hydrogens is 633 g/mol. The lowest BCUT2D eigenvalue weighted by atomic mass is 10.1. The van der Waals surface area contributed by atoms with Crippen molar-refractivity contribution in [3.8, 4) is 17.2 Å². The van der Waals surface area contributed by atoms with Gasteiger partial charge in [0.2, 0.25) is 5.75 Å². The van der Waals surface area contributed by atoms with Crippen molar-refractivity contribution < 1.29 is 28.9 Å². The number of nitrogens with zero attached hydrogens (tertiary/aromatic N) is 3. The number of hydrogen-bond acceptors (Lipinski definition) is 10. The van der Waals surface area contributed by atoms with E-state index in [1.54, 1.807) is 13.0 Å². The van der Waals surface area contributed by atoms with Gasteiger partial charge in [0.15, 0.2) is 15.8 Å². The van der Waals surface area contributed by atoms with Gasteiger partial charge in [0.05, 0.1) is 37.5 Å². The van der Waals surface area contributed by atoms with Gasteiger partial charge in [-0.15, -0.1) is 0 Å². The first-order chi connectivity index (χ1) is 20.0. The minimum Gasteiger partial charge on any atom is -0.490 e. The predicted molar refractivity (Wildman–Crippen MR) is 161 cm³/mol. The number of hydrogen-bond donors (Lipinski definition) is 2. The molecule has 13 nitrogen and oxygen atoms in total. The summed E-state index contributed by atoms with van der Waals surface area (Å²) in [7, 11) is 0. The molecular formula is C25H17Cl2N5O8S2. The zero-order chi connectivity index (χ0) is 30.6. The molecule has 1 saturated heterocycles. The van der Waals surface area contributed by atoms with Crippen molar-refractivity contribution >= 4 is 86.6 Å². The molecule has 1 aliphatic rings. The van der Waals surface area contributed by atoms with Crippen LogP contribution in [0.4, 0.5) is 21.9 Å². The second-order valence-corrected chi connectivity index (χ2v) is 10.6. The number of amides is 3. The summed E-state index contributed by atoms with van der Waals surface area (Å²) < 4.78 is 11.4. The Hall–Kier alpha value is -4.44. The Morgan fingerprint density at radius 1 is 1.02 bits per heavy atom. The van der Waals surface area contributed by atoms with Crippen LogP contribution in [0.25, 0.3) is 6.08 Å². The molecule has 3 aromatic carbocycles. The summed E-state index contributed by atoms with van der Waals surface area (Å²) in [6.07, 6.45) is 1.51. The maximum atomic E-state index is 13.0. The Bertz CT molecular complexity index is 1670. The summed E-state index contributed by atoms with van der Waals surface area (Å²) in [6, 6.07) is 11.3. The van der Waals surface area contributed by atoms with E-state index in [-0.39, 0.29) is 38.1 Å². The summed E-state index contributed by atoms with van der Waals surface area (Å²) in [5.41, 5.74) is 2.15. The zero-order valence-electron chi connectivity index (χ0n) is 21.2. The van der Waals surface area contributed by atoms with E-state index in [1.165, 1.54) is 36.4 Å². The molecule has 4 rings (SSSR count). The molecule has 0 radical (unpaired) electrons. The van der Waals surface area contributed by atoms with Gasteiger partial charge in [0.1, 0.15) is 0 Å². The second kappa shape index (κ2) is 13.0. The van der Waals surface area contributed by atoms with E-state index in [2.05, 4.69) is 10.7 Å². The van der Waals surface area contributed by atoms with E-state index in [0.717, 1.165) is 35.0 Å². The Labute approximate surface area is 256 Å². The smallest absolute Gasteiger partial charge is 0.338 e. The Kier molecular flexibility index (Phi) is 9.47. The van der Waals surface area contributed by atoms with Crippen molar-refractivity contribution in [2.24, 2.45) is 0 Å². The number of halogens is 2. The van der Waals surface area contributed by atoms with E-state index in [9.17, 15) is 29.8 Å². The lowest BCUT2D eigenvalue weighted by molar-refractivity contribution is -0.394. The Morgan fingerprint density at radius 2 is 1.76 bits per heavy atom. The molecule has 3 aromatic rings. The van der Waals surface area contributed by atoms with Gasteiger partial charge >= 0.3 is 11.7 Å². The van der Waals surface area contributed by atoms with Gasteiger partial charge in [0.25, 0.3) is 11.6 Å². The average molecular weight is 650 g/mol. The van der Waals surface area contributed by atoms with E-state index in [0.29, 0.717) is 16.3 Å². The molecule has 2 N–H and O–H groups in total. The van der Waals surface area contributed by atoms with E-state index in [4.69, 9.17) is 44.9 Å². The quantitative estimate of drug-likeness (QED) is 0.107. The van der Waals surface area contributed by atoms with Crippen molar-refractivity contribution in [1.82, 2.24) is 10.4 Å². The van der Waals surface area contributed by atoms with Crippen LogP contribution in [0.1, 0.15) is 12.5 Å². The number of thiocarbonyl (C=S) groups is 1. The van der Waals surface area contributed by atoms with Gasteiger partial charge in [0, 0.05) is 11.8 Å². The highest BCUT2D eigenvalue weighted by molar-refractivity contribution is 8.26. The highest BCUT2D eigenvalue weighted by Gasteiger charge is 2.34. The van der Waals surface area contributed by atoms with Gasteiger partial charge in [-0.25, -0.2) is 10.2 Å². The number of urea groups is 1. The number of nitro groups is 2. The number of rotatable bonds is 9. The largest absolute Gasteiger partial charge is 0.490 e. The molecule has 0 saturated carbocycles. The molecule has 1 fully saturated rings. The normalized spacial score (nSPS) is 13.7. The van der Waals surface area contributed by atoms with E-state index >= 15 is 0 Å². The van der Waals surface area contributed by atoms with Crippen LogP contribution >= 0.6 is 47.2 Å². The molecule has 0 bridgehead atoms. The first-order valence-electron chi connectivity index (χ1n) is 11.6. The van der Waals surface area contributed by atoms with Crippen molar-refractivity contribution in [2.75, 3.05) is 11.9 Å². The van der Waals surface area contributed by atoms with Gasteiger partial charge in [-0.1, -0.05) is 41.0 Å². The molecule has 3 amide bonds. The molecule has 1 aliphatic heterocycles. The number of hydrazine groups is 1. The monoisotopic (exact) mass is 649 g/mol. The molecule has 42 heavy (non-hydrogen) atoms. The molecule has 0 aromatic heterocycles. The van der Waals surface area contributed by atoms with Gasteiger partial charge in [-0.2, -0.15) is 5.01 Å². The number of non-ortho nitro benzene ring substituents is 1. The van der Waals surface area contributed by atoms with Crippen LogP contribution in [0.5, 0.6) is 17.2 Å². The fourth-order valence-electron chi connectivity index (χ4n) is 3.48. The Balaban J connectivity index is 1.52. The highest BCUT2D eigenvalue weighted by Crippen LogP contribution is 2.39. The number of nitrogens with one attached hydrogen (secondary N) is 2. The highest BCUT2D eigenvalue weighted by atomic mass is 35.5. The molecule has 0 spiro atoms. The molecule has 1 heterocycles. The van der Waals surface area contributed by atoms with Crippen molar-refractivity contribution in [3.63, 3.8) is 0 Å². The summed E-state index contributed by atoms with van der Waals surface area (Å²) in [5.74, 6) is -0.535. The van der Waals surface area contributed by atoms with Gasteiger partial charge in [-0.3, -0.25) is 25.0 Å². The van der Waals surface area contributed by atoms with Crippen LogP contribution < -0.4 is 20.2 Å². The number of carbonyl (C=O) groups excluding carboxylic acids is 2. The van der Waals surface area contributed by atoms with Crippen LogP contribution in [0.15, 0.2) is 59.5 Å². The number of thioether (sulfide) groups is 1. The standard InChI is InChI=1S/C25H17Cl2N5O8S2/c1-2-39-21-9-13(3-7-20(21)40-19-8-5-15(31(35)36)12-18(19)32(37)38)10-22-23(33)30(25(41)42-22)29-24(34)28-14-4-6-16(26)17(27)11-14/h3-12H,2H2,1H3,(H2,28,29,34)/b22-10+. The fourth-order valence-corrected chi connectivity index (χ4v) is 4.96. The Morgan fingerprint density at radius 3 is 2.43 bits per heavy atom. The van der Waals surface area contributed by atoms with Crippen LogP contribution in [0.2, 0.25) is 10.0 Å². The molecule has 0 unspecified atom stereocenters. The lowest BCUT2D eigenvalue weighted by Gasteiger charge is -2.16. The summed E-state index contributed by atoms with van der Waals surface area (Å²) in [4.78, 5) is 46.6. The third kappa shape index (κ3) is 7.06. The topological polar surface area (TPSA) is 166 Å². The lowest BCUT2D eigenvalue weighted by Crippen LogP contribution is -2.46. The molecule has 0 atom stereocenters. The molecule has 0 aliphatic carbocycles. The van der Waals surface area contributed by atoms with Crippen LogP contribution in [0.3, 0.4) is 0 Å². The fraction of sp³-hybridized carbons (Fsp3) is 0.0800. The third-order valence-corrected chi connectivity index (χ3v) is 7.36. The molecule has 17 heteroatoms. The van der Waals surface area contributed by atoms with Crippen LogP contribution in [0, 0.1) is 20.2 Å². The summed E-state index contributed by atoms with van der Waals surface area (Å²) in [6.45, 7) is 1.92. The van der Waals surface area contributed by atoms with Crippen molar-refractivity contribution in [2.45, 2.75) is 6.92 Å². The number of benzene rings is 3. The first-order valence-corrected chi connectivity index (χ1v) is 13.6. The number of ether oxygens (including phenoxy) is 2. The van der Waals surface area contributed by atoms with Gasteiger partial charge < -0.3 is 14.8 Å². The SMILES string of the molecule is CCOc1cc(/C=C2/SC(=S)N(NC(=O)Nc3ccc(Cl)c(Cl)c3)C2=O)ccc1Oc1ccc([N+](=O)[O-])cc1[N+](=O)[O-]. The van der Waals surface area contributed by atoms with Crippen LogP contribution in [-0.4, -0.2) is 37.7 Å². The maximum absolute atomic E-state index is 13.0. The maximum Gasteiger partial charge on any atom is 0.338 e. The van der Waals surface area contributed by atoms with Crippen molar-refractivity contribution in [1.29, 1.82) is 0 Å². The summed E-state index contributed by atoms with van der Waals surface area (Å²) >= 11 is 18.0. The second-order valence-electron chi connectivity index (χ2n) is 8.12. The van der Waals surface area contributed by atoms with Gasteiger partial charge in [-0.05, 0) is 67.2 Å². The van der Waals surface area contributed by atoms with E-state index in [1.807, 2.05) is 0 Å². The predicted octanol–water partition coefficient (Wildman–Crippen LogP) is 6.94. The third-order valence-electron chi connectivity index (χ3n) is 5.32. The number of anilines is 1. The minimum absolute atomic E-state index is 0.0750. The van der Waals surface area contributed by atoms with Crippen LogP contribution in [-0.2, 0) is 4.79 Å². The first kappa shape index (κ1) is 30.5. The average Bonchev–Trinajstić information content (AvgIpc) is 3.19. The number of nitro benzene ring substituents is 2. The zero-order valence-corrected chi connectivity index (χ0v) is 24.3. The summed E-state index contributed by atoms with van der Waals surface area (Å²) in [5, 5.41) is 26.5. The molecule has 216 valence electrons. The van der Waals surface area contributed by atoms with Crippen molar-refractivity contribution in [3.05, 3.63) is 95.3 Å².